The van der Waals surface area contributed by atoms with Gasteiger partial charge in [-0.2, -0.15) is 4.98 Å². The molecule has 110 valence electrons. The monoisotopic (exact) mass is 293 g/mol. The second kappa shape index (κ2) is 4.91. The first-order chi connectivity index (χ1) is 10.8. The summed E-state index contributed by atoms with van der Waals surface area (Å²) in [6, 6.07) is 6.04. The van der Waals surface area contributed by atoms with Crippen molar-refractivity contribution in [1.29, 1.82) is 0 Å². The van der Waals surface area contributed by atoms with Gasteiger partial charge >= 0.3 is 5.69 Å². The number of aromatic nitrogens is 4. The summed E-state index contributed by atoms with van der Waals surface area (Å²) in [4.78, 5) is 25.0. The summed E-state index contributed by atoms with van der Waals surface area (Å²) in [6.07, 6.45) is 7.11. The number of fused-ring (bicyclic) bond motifs is 1. The molecule has 1 saturated carbocycles. The fourth-order valence-electron chi connectivity index (χ4n) is 2.85. The van der Waals surface area contributed by atoms with Crippen molar-refractivity contribution in [2.75, 3.05) is 12.4 Å². The van der Waals surface area contributed by atoms with Crippen LogP contribution in [0, 0.1) is 0 Å². The fraction of sp³-hybridized carbons (Fsp3) is 0.250. The highest BCUT2D eigenvalue weighted by Crippen LogP contribution is 2.44. The zero-order valence-corrected chi connectivity index (χ0v) is 12.2. The summed E-state index contributed by atoms with van der Waals surface area (Å²) in [7, 11) is 1.79. The summed E-state index contributed by atoms with van der Waals surface area (Å²) in [5, 5.41) is 4.05. The van der Waals surface area contributed by atoms with E-state index < -0.39 is 0 Å². The molecule has 0 saturated heterocycles. The number of hydrogen-bond acceptors (Lipinski definition) is 5. The highest BCUT2D eigenvalue weighted by atomic mass is 16.1. The molecule has 1 N–H and O–H groups in total. The lowest BCUT2D eigenvalue weighted by Gasteiger charge is -2.14. The van der Waals surface area contributed by atoms with Crippen LogP contribution in [0.2, 0.25) is 0 Å². The van der Waals surface area contributed by atoms with E-state index in [1.165, 1.54) is 23.0 Å². The molecule has 0 unspecified atom stereocenters. The van der Waals surface area contributed by atoms with Gasteiger partial charge in [0.1, 0.15) is 5.82 Å². The number of rotatable bonds is 3. The second-order valence-corrected chi connectivity index (χ2v) is 5.41. The molecular formula is C16H15N5O. The van der Waals surface area contributed by atoms with Crippen molar-refractivity contribution in [1.82, 2.24) is 19.5 Å². The van der Waals surface area contributed by atoms with E-state index in [-0.39, 0.29) is 5.69 Å². The normalized spacial score (nSPS) is 14.2. The van der Waals surface area contributed by atoms with E-state index in [1.807, 2.05) is 12.1 Å². The van der Waals surface area contributed by atoms with Gasteiger partial charge in [0.2, 0.25) is 0 Å². The minimum atomic E-state index is -0.356. The predicted octanol–water partition coefficient (Wildman–Crippen LogP) is 2.09. The second-order valence-electron chi connectivity index (χ2n) is 5.41. The van der Waals surface area contributed by atoms with Crippen LogP contribution in [0.4, 0.5) is 5.82 Å². The Morgan fingerprint density at radius 1 is 1.27 bits per heavy atom. The number of benzene rings is 1. The van der Waals surface area contributed by atoms with Crippen LogP contribution in [-0.2, 0) is 0 Å². The van der Waals surface area contributed by atoms with Crippen LogP contribution in [0.5, 0.6) is 0 Å². The van der Waals surface area contributed by atoms with Crippen LogP contribution in [0.25, 0.3) is 16.7 Å². The average Bonchev–Trinajstić information content (AvgIpc) is 3.39. The molecule has 1 aliphatic rings. The van der Waals surface area contributed by atoms with Crippen LogP contribution in [-0.4, -0.2) is 26.6 Å². The van der Waals surface area contributed by atoms with Gasteiger partial charge < -0.3 is 5.32 Å². The summed E-state index contributed by atoms with van der Waals surface area (Å²) in [6.45, 7) is 0. The minimum Gasteiger partial charge on any atom is -0.372 e. The largest absolute Gasteiger partial charge is 0.372 e. The van der Waals surface area contributed by atoms with Crippen molar-refractivity contribution in [3.05, 3.63) is 52.8 Å². The Labute approximate surface area is 126 Å². The van der Waals surface area contributed by atoms with Gasteiger partial charge in [-0.05, 0) is 30.4 Å². The van der Waals surface area contributed by atoms with Crippen molar-refractivity contribution in [2.24, 2.45) is 0 Å². The molecule has 1 aromatic carbocycles. The van der Waals surface area contributed by atoms with E-state index >= 15 is 0 Å². The smallest absolute Gasteiger partial charge is 0.355 e. The van der Waals surface area contributed by atoms with Crippen molar-refractivity contribution < 1.29 is 0 Å². The molecule has 2 aromatic heterocycles. The van der Waals surface area contributed by atoms with Crippen LogP contribution < -0.4 is 11.0 Å². The summed E-state index contributed by atoms with van der Waals surface area (Å²) >= 11 is 0. The summed E-state index contributed by atoms with van der Waals surface area (Å²) in [5.41, 5.74) is 1.70. The van der Waals surface area contributed by atoms with E-state index in [9.17, 15) is 4.79 Å². The van der Waals surface area contributed by atoms with Crippen molar-refractivity contribution >= 4 is 16.7 Å². The lowest BCUT2D eigenvalue weighted by Crippen LogP contribution is -2.24. The van der Waals surface area contributed by atoms with E-state index in [2.05, 4.69) is 26.3 Å². The van der Waals surface area contributed by atoms with Crippen molar-refractivity contribution in [3.63, 3.8) is 0 Å². The SMILES string of the molecule is CNc1nc(=O)n(-c2cnccn2)c2cccc(C3CC3)c12. The maximum atomic E-state index is 12.5. The van der Waals surface area contributed by atoms with Crippen LogP contribution in [0.1, 0.15) is 24.3 Å². The molecular weight excluding hydrogens is 278 g/mol. The quantitative estimate of drug-likeness (QED) is 0.800. The van der Waals surface area contributed by atoms with Crippen molar-refractivity contribution in [2.45, 2.75) is 18.8 Å². The van der Waals surface area contributed by atoms with Gasteiger partial charge in [-0.1, -0.05) is 12.1 Å². The van der Waals surface area contributed by atoms with Crippen molar-refractivity contribution in [3.8, 4) is 5.82 Å². The van der Waals surface area contributed by atoms with Gasteiger partial charge in [-0.25, -0.2) is 14.3 Å². The minimum absolute atomic E-state index is 0.356. The highest BCUT2D eigenvalue weighted by Gasteiger charge is 2.27. The first-order valence-corrected chi connectivity index (χ1v) is 7.29. The molecule has 0 aliphatic heterocycles. The first-order valence-electron chi connectivity index (χ1n) is 7.29. The molecule has 0 bridgehead atoms. The van der Waals surface area contributed by atoms with E-state index in [0.717, 1.165) is 10.9 Å². The van der Waals surface area contributed by atoms with E-state index in [0.29, 0.717) is 17.6 Å². The molecule has 0 radical (unpaired) electrons. The number of hydrogen-bond donors (Lipinski definition) is 1. The van der Waals surface area contributed by atoms with Crippen LogP contribution in [0.3, 0.4) is 0 Å². The Morgan fingerprint density at radius 2 is 2.14 bits per heavy atom. The number of nitrogens with one attached hydrogen (secondary N) is 1. The lowest BCUT2D eigenvalue weighted by molar-refractivity contribution is 0.909. The molecule has 2 heterocycles. The summed E-state index contributed by atoms with van der Waals surface area (Å²) in [5.74, 6) is 1.67. The number of nitrogens with zero attached hydrogens (tertiary/aromatic N) is 4. The fourth-order valence-corrected chi connectivity index (χ4v) is 2.85. The summed E-state index contributed by atoms with van der Waals surface area (Å²) < 4.78 is 1.52. The molecule has 1 fully saturated rings. The molecule has 0 atom stereocenters. The Morgan fingerprint density at radius 3 is 2.82 bits per heavy atom. The zero-order valence-electron chi connectivity index (χ0n) is 12.2. The highest BCUT2D eigenvalue weighted by molar-refractivity contribution is 5.93. The molecule has 22 heavy (non-hydrogen) atoms. The first kappa shape index (κ1) is 12.9. The third-order valence-electron chi connectivity index (χ3n) is 3.98. The van der Waals surface area contributed by atoms with Gasteiger partial charge in [0.25, 0.3) is 0 Å². The van der Waals surface area contributed by atoms with Gasteiger partial charge in [0.15, 0.2) is 5.82 Å². The van der Waals surface area contributed by atoms with Gasteiger partial charge in [0.05, 0.1) is 11.7 Å². The Hall–Kier alpha value is -2.76. The molecule has 4 rings (SSSR count). The maximum absolute atomic E-state index is 12.5. The van der Waals surface area contributed by atoms with Crippen LogP contribution >= 0.6 is 0 Å². The third-order valence-corrected chi connectivity index (χ3v) is 3.98. The Kier molecular flexibility index (Phi) is 2.89. The molecule has 6 nitrogen and oxygen atoms in total. The third kappa shape index (κ3) is 1.95. The van der Waals surface area contributed by atoms with Gasteiger partial charge in [0, 0.05) is 24.8 Å². The molecule has 0 spiro atoms. The van der Waals surface area contributed by atoms with Gasteiger partial charge in [-0.15, -0.1) is 0 Å². The maximum Gasteiger partial charge on any atom is 0.355 e. The molecule has 0 amide bonds. The van der Waals surface area contributed by atoms with E-state index in [1.54, 1.807) is 25.6 Å². The predicted molar refractivity (Wildman–Crippen MR) is 84.5 cm³/mol. The standard InChI is InChI=1S/C16H15N5O/c1-17-15-14-11(10-5-6-10)3-2-4-12(14)21(16(22)20-15)13-9-18-7-8-19-13/h2-4,7-10H,5-6H2,1H3,(H,17,20,22). The molecule has 3 aromatic rings. The Balaban J connectivity index is 2.12. The lowest BCUT2D eigenvalue weighted by atomic mass is 10.0. The van der Waals surface area contributed by atoms with Gasteiger partial charge in [-0.3, -0.25) is 4.98 Å². The topological polar surface area (TPSA) is 72.7 Å². The molecule has 6 heteroatoms. The average molecular weight is 293 g/mol. The molecule has 1 aliphatic carbocycles. The number of anilines is 1. The van der Waals surface area contributed by atoms with E-state index in [4.69, 9.17) is 0 Å². The Bertz CT molecular complexity index is 900. The zero-order chi connectivity index (χ0) is 15.1. The van der Waals surface area contributed by atoms with Crippen LogP contribution in [0.15, 0.2) is 41.6 Å².